The Kier molecular flexibility index (Phi) is 5.24. The molecule has 0 fully saturated rings. The van der Waals surface area contributed by atoms with Crippen molar-refractivity contribution < 1.29 is 14.0 Å². The molecule has 0 bridgehead atoms. The molecule has 156 valence electrons. The molecule has 6 heteroatoms. The molecule has 31 heavy (non-hydrogen) atoms. The van der Waals surface area contributed by atoms with Crippen LogP contribution in [0, 0.1) is 5.82 Å². The number of nitrogens with zero attached hydrogens (tertiary/aromatic N) is 2. The predicted molar refractivity (Wildman–Crippen MR) is 121 cm³/mol. The quantitative estimate of drug-likeness (QED) is 0.555. The van der Waals surface area contributed by atoms with E-state index in [4.69, 9.17) is 4.99 Å². The number of halogens is 1. The van der Waals surface area contributed by atoms with Gasteiger partial charge in [-0.05, 0) is 55.5 Å². The van der Waals surface area contributed by atoms with Crippen LogP contribution < -0.4 is 4.90 Å². The summed E-state index contributed by atoms with van der Waals surface area (Å²) in [6.07, 6.45) is 4.19. The van der Waals surface area contributed by atoms with Crippen LogP contribution in [0.3, 0.4) is 0 Å². The number of amides is 1. The highest BCUT2D eigenvalue weighted by atomic mass is 32.1. The molecule has 0 atom stereocenters. The number of hydrogen-bond acceptors (Lipinski definition) is 4. The number of benzene rings is 2. The van der Waals surface area contributed by atoms with E-state index in [2.05, 4.69) is 0 Å². The lowest BCUT2D eigenvalue weighted by atomic mass is 9.91. The number of hydrogen-bond donors (Lipinski definition) is 0. The van der Waals surface area contributed by atoms with E-state index in [1.54, 1.807) is 16.2 Å². The highest BCUT2D eigenvalue weighted by Crippen LogP contribution is 2.42. The fourth-order valence-corrected chi connectivity index (χ4v) is 5.68. The van der Waals surface area contributed by atoms with Crippen LogP contribution in [0.1, 0.15) is 44.8 Å². The van der Waals surface area contributed by atoms with Crippen LogP contribution in [0.25, 0.3) is 0 Å². The minimum absolute atomic E-state index is 0.00288. The van der Waals surface area contributed by atoms with Gasteiger partial charge in [-0.25, -0.2) is 4.39 Å². The molecule has 0 unspecified atom stereocenters. The van der Waals surface area contributed by atoms with Gasteiger partial charge in [0.25, 0.3) is 0 Å². The van der Waals surface area contributed by atoms with E-state index in [0.717, 1.165) is 47.5 Å². The smallest absolute Gasteiger partial charge is 0.249 e. The molecule has 0 radical (unpaired) electrons. The van der Waals surface area contributed by atoms with E-state index in [1.807, 2.05) is 30.3 Å². The first-order valence-corrected chi connectivity index (χ1v) is 11.3. The van der Waals surface area contributed by atoms with Gasteiger partial charge in [-0.2, -0.15) is 0 Å². The molecule has 5 rings (SSSR count). The first kappa shape index (κ1) is 19.8. The van der Waals surface area contributed by atoms with Gasteiger partial charge in [0.2, 0.25) is 5.91 Å². The molecule has 4 nitrogen and oxygen atoms in total. The summed E-state index contributed by atoms with van der Waals surface area (Å²) in [5.41, 5.74) is 4.48. The van der Waals surface area contributed by atoms with Gasteiger partial charge < -0.3 is 0 Å². The van der Waals surface area contributed by atoms with Crippen LogP contribution in [-0.4, -0.2) is 30.5 Å². The van der Waals surface area contributed by atoms with Gasteiger partial charge in [0.1, 0.15) is 17.4 Å². The molecule has 2 aliphatic rings. The molecule has 0 N–H and O–H groups in total. The summed E-state index contributed by atoms with van der Waals surface area (Å²) in [5, 5.41) is 0.812. The third kappa shape index (κ3) is 3.72. The Hall–Kier alpha value is -3.12. The number of fused-ring (bicyclic) bond motifs is 3. The third-order valence-electron chi connectivity index (χ3n) is 5.82. The second kappa shape index (κ2) is 8.19. The first-order valence-electron chi connectivity index (χ1n) is 10.5. The van der Waals surface area contributed by atoms with E-state index in [0.29, 0.717) is 5.56 Å². The minimum Gasteiger partial charge on any atom is -0.294 e. The first-order chi connectivity index (χ1) is 15.1. The van der Waals surface area contributed by atoms with Gasteiger partial charge in [-0.3, -0.25) is 19.5 Å². The Morgan fingerprint density at radius 1 is 1.03 bits per heavy atom. The molecule has 2 heterocycles. The summed E-state index contributed by atoms with van der Waals surface area (Å²) in [4.78, 5) is 33.6. The summed E-state index contributed by atoms with van der Waals surface area (Å²) in [6.45, 7) is -0.0778. The zero-order chi connectivity index (χ0) is 21.4. The molecule has 1 aromatic heterocycles. The Labute approximate surface area is 184 Å². The van der Waals surface area contributed by atoms with Crippen molar-refractivity contribution in [1.82, 2.24) is 0 Å². The lowest BCUT2D eigenvalue weighted by Crippen LogP contribution is -2.36. The SMILES string of the molecule is O=C(CN1C(=O)CN=C(c2ccccc2)c2c1sc1c2CCCC1)c1ccc(F)cc1. The fraction of sp³-hybridized carbons (Fsp3) is 0.240. The number of carbonyl (C=O) groups is 2. The monoisotopic (exact) mass is 432 g/mol. The summed E-state index contributed by atoms with van der Waals surface area (Å²) < 4.78 is 13.3. The molecular formula is C25H21FN2O2S. The zero-order valence-electron chi connectivity index (χ0n) is 16.9. The van der Waals surface area contributed by atoms with Crippen LogP contribution in [0.4, 0.5) is 9.39 Å². The van der Waals surface area contributed by atoms with E-state index in [-0.39, 0.29) is 24.8 Å². The maximum atomic E-state index is 13.3. The van der Waals surface area contributed by atoms with Gasteiger partial charge in [0, 0.05) is 21.6 Å². The van der Waals surface area contributed by atoms with E-state index in [1.165, 1.54) is 34.7 Å². The van der Waals surface area contributed by atoms with Crippen molar-refractivity contribution in [2.24, 2.45) is 4.99 Å². The van der Waals surface area contributed by atoms with Crippen LogP contribution >= 0.6 is 11.3 Å². The maximum absolute atomic E-state index is 13.3. The highest BCUT2D eigenvalue weighted by molar-refractivity contribution is 7.17. The predicted octanol–water partition coefficient (Wildman–Crippen LogP) is 4.83. The second-order valence-electron chi connectivity index (χ2n) is 7.83. The molecule has 0 saturated heterocycles. The molecule has 1 amide bonds. The van der Waals surface area contributed by atoms with Crippen LogP contribution in [0.5, 0.6) is 0 Å². The largest absolute Gasteiger partial charge is 0.294 e. The van der Waals surface area contributed by atoms with Crippen LogP contribution in [0.2, 0.25) is 0 Å². The van der Waals surface area contributed by atoms with Gasteiger partial charge in [0.05, 0.1) is 12.3 Å². The lowest BCUT2D eigenvalue weighted by Gasteiger charge is -2.20. The minimum atomic E-state index is -0.392. The number of aryl methyl sites for hydroxylation is 1. The van der Waals surface area contributed by atoms with Crippen molar-refractivity contribution in [3.63, 3.8) is 0 Å². The molecule has 2 aromatic carbocycles. The Morgan fingerprint density at radius 2 is 1.77 bits per heavy atom. The average molecular weight is 433 g/mol. The topological polar surface area (TPSA) is 49.7 Å². The van der Waals surface area contributed by atoms with Crippen molar-refractivity contribution in [3.8, 4) is 0 Å². The molecule has 0 saturated carbocycles. The second-order valence-corrected chi connectivity index (χ2v) is 8.92. The van der Waals surface area contributed by atoms with Crippen LogP contribution in [-0.2, 0) is 17.6 Å². The molecule has 3 aromatic rings. The fourth-order valence-electron chi connectivity index (χ4n) is 4.27. The van der Waals surface area contributed by atoms with Gasteiger partial charge in [-0.1, -0.05) is 30.3 Å². The average Bonchev–Trinajstić information content (AvgIpc) is 3.11. The summed E-state index contributed by atoms with van der Waals surface area (Å²) in [7, 11) is 0. The van der Waals surface area contributed by atoms with Crippen molar-refractivity contribution in [1.29, 1.82) is 0 Å². The third-order valence-corrected chi connectivity index (χ3v) is 7.14. The van der Waals surface area contributed by atoms with Crippen LogP contribution in [0.15, 0.2) is 59.6 Å². The lowest BCUT2D eigenvalue weighted by molar-refractivity contribution is -0.117. The van der Waals surface area contributed by atoms with Crippen molar-refractivity contribution in [3.05, 3.63) is 87.5 Å². The normalized spacial score (nSPS) is 15.7. The van der Waals surface area contributed by atoms with Crippen molar-refractivity contribution in [2.45, 2.75) is 25.7 Å². The molecule has 1 aliphatic carbocycles. The molecule has 0 spiro atoms. The van der Waals surface area contributed by atoms with E-state index < -0.39 is 5.82 Å². The number of carbonyl (C=O) groups excluding carboxylic acids is 2. The van der Waals surface area contributed by atoms with E-state index in [9.17, 15) is 14.0 Å². The number of thiophene rings is 1. The number of aliphatic imine (C=N–C) groups is 1. The summed E-state index contributed by atoms with van der Waals surface area (Å²) in [6, 6.07) is 15.4. The maximum Gasteiger partial charge on any atom is 0.249 e. The molecular weight excluding hydrogens is 411 g/mol. The van der Waals surface area contributed by atoms with Crippen molar-refractivity contribution >= 4 is 33.7 Å². The zero-order valence-corrected chi connectivity index (χ0v) is 17.8. The van der Waals surface area contributed by atoms with Gasteiger partial charge >= 0.3 is 0 Å². The van der Waals surface area contributed by atoms with E-state index >= 15 is 0 Å². The van der Waals surface area contributed by atoms with Crippen molar-refractivity contribution in [2.75, 3.05) is 18.0 Å². The Bertz CT molecular complexity index is 1180. The standard InChI is InChI=1S/C25H21FN2O2S/c26-18-12-10-16(11-13-18)20(29)15-28-22(30)14-27-24(17-6-2-1-3-7-17)23-19-8-4-5-9-21(19)31-25(23)28/h1-3,6-7,10-13H,4-5,8-9,14-15H2. The summed E-state index contributed by atoms with van der Waals surface area (Å²) in [5.74, 6) is -0.799. The summed E-state index contributed by atoms with van der Waals surface area (Å²) >= 11 is 1.61. The highest BCUT2D eigenvalue weighted by Gasteiger charge is 2.33. The number of anilines is 1. The van der Waals surface area contributed by atoms with Gasteiger partial charge in [-0.15, -0.1) is 11.3 Å². The van der Waals surface area contributed by atoms with Gasteiger partial charge in [0.15, 0.2) is 5.78 Å². The Morgan fingerprint density at radius 3 is 2.55 bits per heavy atom. The Balaban J connectivity index is 1.59. The number of Topliss-reactive ketones (excluding diaryl/α,β-unsaturated/α-hetero) is 1. The number of ketones is 1. The molecule has 1 aliphatic heterocycles. The number of rotatable bonds is 4.